The highest BCUT2D eigenvalue weighted by Crippen LogP contribution is 2.28. The minimum Gasteiger partial charge on any atom is -0.497 e. The average Bonchev–Trinajstić information content (AvgIpc) is 2.89. The van der Waals surface area contributed by atoms with Gasteiger partial charge in [0.2, 0.25) is 0 Å². The van der Waals surface area contributed by atoms with E-state index in [4.69, 9.17) is 14.2 Å². The van der Waals surface area contributed by atoms with Crippen LogP contribution in [0.3, 0.4) is 0 Å². The van der Waals surface area contributed by atoms with E-state index in [1.165, 1.54) is 13.3 Å². The summed E-state index contributed by atoms with van der Waals surface area (Å²) in [6.07, 6.45) is 1.47. The van der Waals surface area contributed by atoms with Gasteiger partial charge in [-0.05, 0) is 67.1 Å². The van der Waals surface area contributed by atoms with Crippen molar-refractivity contribution >= 4 is 29.0 Å². The summed E-state index contributed by atoms with van der Waals surface area (Å²) in [6, 6.07) is 20.7. The Morgan fingerprint density at radius 2 is 1.71 bits per heavy atom. The quantitative estimate of drug-likeness (QED) is 0.185. The lowest BCUT2D eigenvalue weighted by molar-refractivity contribution is 0.0729. The van der Waals surface area contributed by atoms with Gasteiger partial charge < -0.3 is 14.2 Å². The number of hydrazone groups is 1. The van der Waals surface area contributed by atoms with E-state index < -0.39 is 5.97 Å². The number of benzene rings is 3. The van der Waals surface area contributed by atoms with Gasteiger partial charge in [0.25, 0.3) is 5.91 Å². The van der Waals surface area contributed by atoms with Crippen molar-refractivity contribution in [2.45, 2.75) is 6.92 Å². The number of esters is 1. The van der Waals surface area contributed by atoms with Gasteiger partial charge >= 0.3 is 5.97 Å². The van der Waals surface area contributed by atoms with Crippen LogP contribution in [-0.4, -0.2) is 37.3 Å². The Hall–Kier alpha value is -4.72. The Morgan fingerprint density at radius 3 is 2.46 bits per heavy atom. The van der Waals surface area contributed by atoms with E-state index in [2.05, 4.69) is 15.5 Å². The van der Waals surface area contributed by atoms with E-state index in [9.17, 15) is 9.59 Å². The lowest BCUT2D eigenvalue weighted by atomic mass is 10.1. The number of methoxy groups -OCH3 is 2. The molecule has 1 N–H and O–H groups in total. The Morgan fingerprint density at radius 1 is 0.914 bits per heavy atom. The summed E-state index contributed by atoms with van der Waals surface area (Å²) < 4.78 is 16.1. The van der Waals surface area contributed by atoms with Crippen molar-refractivity contribution in [3.05, 3.63) is 95.2 Å². The second kappa shape index (κ2) is 10.5. The average molecular weight is 469 g/mol. The maximum absolute atomic E-state index is 12.9. The summed E-state index contributed by atoms with van der Waals surface area (Å²) in [6.45, 7) is 1.82. The van der Waals surface area contributed by atoms with Crippen molar-refractivity contribution in [2.24, 2.45) is 5.10 Å². The van der Waals surface area contributed by atoms with Crippen LogP contribution in [0.15, 0.2) is 77.9 Å². The first-order valence-electron chi connectivity index (χ1n) is 10.7. The number of amides is 1. The molecule has 1 aromatic heterocycles. The maximum Gasteiger partial charge on any atom is 0.343 e. The predicted octanol–water partition coefficient (Wildman–Crippen LogP) is 4.54. The molecule has 4 rings (SSSR count). The molecule has 0 aliphatic heterocycles. The molecule has 4 aromatic rings. The van der Waals surface area contributed by atoms with Crippen molar-refractivity contribution < 1.29 is 23.8 Å². The summed E-state index contributed by atoms with van der Waals surface area (Å²) in [5, 5.41) is 4.73. The standard InChI is InChI=1S/C27H23N3O5/c1-17-13-22(21-15-20(33-2)10-11-23(21)29-17)26(31)30-28-16-18-9-12-24(25(14-18)34-3)35-27(32)19-7-5-4-6-8-19/h4-16H,1-3H3,(H,30,31). The Balaban J connectivity index is 1.50. The van der Waals surface area contributed by atoms with Crippen LogP contribution in [0.4, 0.5) is 0 Å². The Labute approximate surface area is 202 Å². The smallest absolute Gasteiger partial charge is 0.343 e. The van der Waals surface area contributed by atoms with Crippen molar-refractivity contribution in [1.29, 1.82) is 0 Å². The zero-order valence-electron chi connectivity index (χ0n) is 19.4. The minimum atomic E-state index is -0.492. The van der Waals surface area contributed by atoms with Gasteiger partial charge in [0.05, 0.1) is 37.1 Å². The molecule has 1 heterocycles. The monoisotopic (exact) mass is 469 g/mol. The first kappa shape index (κ1) is 23.4. The molecule has 8 heteroatoms. The van der Waals surface area contributed by atoms with Gasteiger partial charge in [-0.3, -0.25) is 9.78 Å². The van der Waals surface area contributed by atoms with Crippen LogP contribution in [0.5, 0.6) is 17.2 Å². The number of carbonyl (C=O) groups excluding carboxylic acids is 2. The zero-order valence-corrected chi connectivity index (χ0v) is 19.4. The molecule has 0 fully saturated rings. The third kappa shape index (κ3) is 5.44. The van der Waals surface area contributed by atoms with Crippen LogP contribution >= 0.6 is 0 Å². The number of carbonyl (C=O) groups is 2. The van der Waals surface area contributed by atoms with Crippen molar-refractivity contribution in [2.75, 3.05) is 14.2 Å². The summed E-state index contributed by atoms with van der Waals surface area (Å²) in [4.78, 5) is 29.7. The zero-order chi connectivity index (χ0) is 24.8. The third-order valence-corrected chi connectivity index (χ3v) is 5.17. The highest BCUT2D eigenvalue weighted by Gasteiger charge is 2.14. The largest absolute Gasteiger partial charge is 0.497 e. The number of nitrogens with one attached hydrogen (secondary N) is 1. The molecule has 0 radical (unpaired) electrons. The van der Waals surface area contributed by atoms with Crippen LogP contribution in [0, 0.1) is 6.92 Å². The van der Waals surface area contributed by atoms with Gasteiger partial charge in [0, 0.05) is 11.1 Å². The van der Waals surface area contributed by atoms with Crippen LogP contribution in [-0.2, 0) is 0 Å². The van der Waals surface area contributed by atoms with Crippen LogP contribution in [0.1, 0.15) is 32.0 Å². The number of fused-ring (bicyclic) bond motifs is 1. The molecular formula is C27H23N3O5. The molecule has 8 nitrogen and oxygen atoms in total. The number of aromatic nitrogens is 1. The molecule has 0 saturated heterocycles. The molecule has 35 heavy (non-hydrogen) atoms. The Kier molecular flexibility index (Phi) is 7.02. The van der Waals surface area contributed by atoms with Gasteiger partial charge in [0.15, 0.2) is 11.5 Å². The van der Waals surface area contributed by atoms with E-state index in [0.717, 1.165) is 0 Å². The number of aryl methyl sites for hydroxylation is 1. The lowest BCUT2D eigenvalue weighted by Crippen LogP contribution is -2.18. The van der Waals surface area contributed by atoms with Gasteiger partial charge in [-0.2, -0.15) is 5.10 Å². The maximum atomic E-state index is 12.9. The molecule has 0 aliphatic rings. The second-order valence-corrected chi connectivity index (χ2v) is 7.56. The fraction of sp³-hybridized carbons (Fsp3) is 0.111. The lowest BCUT2D eigenvalue weighted by Gasteiger charge is -2.10. The SMILES string of the molecule is COc1ccc2nc(C)cc(C(=O)NN=Cc3ccc(OC(=O)c4ccccc4)c(OC)c3)c2c1. The predicted molar refractivity (Wildman–Crippen MR) is 132 cm³/mol. The summed E-state index contributed by atoms with van der Waals surface area (Å²) in [5.41, 5.74) is 5.44. The third-order valence-electron chi connectivity index (χ3n) is 5.17. The van der Waals surface area contributed by atoms with Gasteiger partial charge in [-0.1, -0.05) is 18.2 Å². The van der Waals surface area contributed by atoms with Crippen LogP contribution < -0.4 is 19.6 Å². The first-order valence-corrected chi connectivity index (χ1v) is 10.7. The first-order chi connectivity index (χ1) is 17.0. The molecule has 1 amide bonds. The number of ether oxygens (including phenoxy) is 3. The number of nitrogens with zero attached hydrogens (tertiary/aromatic N) is 2. The number of hydrogen-bond acceptors (Lipinski definition) is 7. The highest BCUT2D eigenvalue weighted by atomic mass is 16.6. The van der Waals surface area contributed by atoms with Gasteiger partial charge in [0.1, 0.15) is 5.75 Å². The van der Waals surface area contributed by atoms with E-state index in [0.29, 0.717) is 44.8 Å². The fourth-order valence-electron chi connectivity index (χ4n) is 3.46. The number of hydrogen-bond donors (Lipinski definition) is 1. The minimum absolute atomic E-state index is 0.273. The van der Waals surface area contributed by atoms with Crippen molar-refractivity contribution in [1.82, 2.24) is 10.4 Å². The van der Waals surface area contributed by atoms with E-state index in [1.807, 2.05) is 13.0 Å². The molecule has 0 aliphatic carbocycles. The second-order valence-electron chi connectivity index (χ2n) is 7.56. The van der Waals surface area contributed by atoms with Crippen LogP contribution in [0.25, 0.3) is 10.9 Å². The molecular weight excluding hydrogens is 446 g/mol. The highest BCUT2D eigenvalue weighted by molar-refractivity contribution is 6.06. The fourth-order valence-corrected chi connectivity index (χ4v) is 3.46. The van der Waals surface area contributed by atoms with E-state index in [-0.39, 0.29) is 11.7 Å². The van der Waals surface area contributed by atoms with Crippen LogP contribution in [0.2, 0.25) is 0 Å². The molecule has 176 valence electrons. The molecule has 3 aromatic carbocycles. The number of pyridine rings is 1. The summed E-state index contributed by atoms with van der Waals surface area (Å²) >= 11 is 0. The summed E-state index contributed by atoms with van der Waals surface area (Å²) in [5.74, 6) is 0.378. The topological polar surface area (TPSA) is 99.1 Å². The van der Waals surface area contributed by atoms with Gasteiger partial charge in [-0.25, -0.2) is 10.2 Å². The van der Waals surface area contributed by atoms with Crippen molar-refractivity contribution in [3.63, 3.8) is 0 Å². The molecule has 0 unspecified atom stereocenters. The molecule has 0 saturated carbocycles. The summed E-state index contributed by atoms with van der Waals surface area (Å²) in [7, 11) is 3.04. The van der Waals surface area contributed by atoms with E-state index in [1.54, 1.807) is 73.8 Å². The number of rotatable bonds is 7. The van der Waals surface area contributed by atoms with Gasteiger partial charge in [-0.15, -0.1) is 0 Å². The van der Waals surface area contributed by atoms with E-state index >= 15 is 0 Å². The Bertz CT molecular complexity index is 1420. The van der Waals surface area contributed by atoms with Crippen molar-refractivity contribution in [3.8, 4) is 17.2 Å². The molecule has 0 spiro atoms. The normalized spacial score (nSPS) is 10.8. The molecule has 0 bridgehead atoms. The molecule has 0 atom stereocenters.